The fraction of sp³-hybridized carbons (Fsp3) is 0.562. The number of hydrogen-bond acceptors (Lipinski definition) is 2. The van der Waals surface area contributed by atoms with Crippen LogP contribution in [0.2, 0.25) is 0 Å². The van der Waals surface area contributed by atoms with E-state index < -0.39 is 0 Å². The fourth-order valence-electron chi connectivity index (χ4n) is 3.16. The Morgan fingerprint density at radius 2 is 1.89 bits per heavy atom. The number of carbonyl (C=O) groups excluding carboxylic acids is 1. The van der Waals surface area contributed by atoms with E-state index in [1.807, 2.05) is 24.3 Å². The van der Waals surface area contributed by atoms with Crippen LogP contribution in [0, 0.1) is 5.92 Å². The fourth-order valence-corrected chi connectivity index (χ4v) is 3.16. The van der Waals surface area contributed by atoms with Gasteiger partial charge in [-0.05, 0) is 24.5 Å². The molecule has 1 aliphatic carbocycles. The summed E-state index contributed by atoms with van der Waals surface area (Å²) in [5, 5.41) is 2.95. The lowest BCUT2D eigenvalue weighted by Crippen LogP contribution is -2.43. The van der Waals surface area contributed by atoms with Crippen LogP contribution in [0.1, 0.15) is 55.3 Å². The van der Waals surface area contributed by atoms with Gasteiger partial charge in [0.25, 0.3) is 5.91 Å². The molecule has 1 aromatic rings. The summed E-state index contributed by atoms with van der Waals surface area (Å²) < 4.78 is 5.86. The van der Waals surface area contributed by atoms with Gasteiger partial charge in [0.05, 0.1) is 5.56 Å². The first-order valence-corrected chi connectivity index (χ1v) is 7.39. The molecule has 0 aromatic heterocycles. The predicted octanol–water partition coefficient (Wildman–Crippen LogP) is 3.50. The van der Waals surface area contributed by atoms with Crippen molar-refractivity contribution in [2.45, 2.75) is 51.2 Å². The summed E-state index contributed by atoms with van der Waals surface area (Å²) in [6, 6.07) is 7.46. The summed E-state index contributed by atoms with van der Waals surface area (Å²) in [5.41, 5.74) is 0.649. The smallest absolute Gasteiger partial charge is 0.257 e. The Balaban J connectivity index is 1.57. The van der Waals surface area contributed by atoms with Gasteiger partial charge in [-0.2, -0.15) is 0 Å². The minimum atomic E-state index is -0.149. The van der Waals surface area contributed by atoms with E-state index in [0.717, 1.165) is 24.5 Å². The molecule has 0 saturated heterocycles. The lowest BCUT2D eigenvalue weighted by molar-refractivity contribution is 0.0719. The van der Waals surface area contributed by atoms with E-state index in [2.05, 4.69) is 5.32 Å². The van der Waals surface area contributed by atoms with Gasteiger partial charge < -0.3 is 10.1 Å². The molecule has 1 heterocycles. The number of amides is 1. The Hall–Kier alpha value is -1.51. The molecule has 3 nitrogen and oxygen atoms in total. The summed E-state index contributed by atoms with van der Waals surface area (Å²) in [4.78, 5) is 12.0. The SMILES string of the molecule is O=C1N[C@@H](CCC2CCCCC2)Oc2ccccc21. The van der Waals surface area contributed by atoms with Gasteiger partial charge in [0.15, 0.2) is 6.23 Å². The van der Waals surface area contributed by atoms with Crippen LogP contribution in [0.4, 0.5) is 0 Å². The highest BCUT2D eigenvalue weighted by molar-refractivity contribution is 5.97. The number of nitrogens with one attached hydrogen (secondary N) is 1. The quantitative estimate of drug-likeness (QED) is 0.902. The van der Waals surface area contributed by atoms with Crippen LogP contribution in [0.25, 0.3) is 0 Å². The standard InChI is InChI=1S/C16H21NO2/c18-16-13-8-4-5-9-14(13)19-15(17-16)11-10-12-6-2-1-3-7-12/h4-5,8-9,12,15H,1-3,6-7,10-11H2,(H,17,18)/t15-/m1/s1. The van der Waals surface area contributed by atoms with Crippen molar-refractivity contribution in [3.63, 3.8) is 0 Å². The third-order valence-electron chi connectivity index (χ3n) is 4.25. The van der Waals surface area contributed by atoms with Crippen LogP contribution in [-0.2, 0) is 0 Å². The van der Waals surface area contributed by atoms with Gasteiger partial charge in [-0.15, -0.1) is 0 Å². The number of fused-ring (bicyclic) bond motifs is 1. The van der Waals surface area contributed by atoms with Crippen LogP contribution < -0.4 is 10.1 Å². The zero-order valence-corrected chi connectivity index (χ0v) is 11.2. The number of benzene rings is 1. The highest BCUT2D eigenvalue weighted by Gasteiger charge is 2.25. The highest BCUT2D eigenvalue weighted by Crippen LogP contribution is 2.29. The number of ether oxygens (including phenoxy) is 1. The van der Waals surface area contributed by atoms with E-state index in [1.54, 1.807) is 0 Å². The Kier molecular flexibility index (Phi) is 3.72. The second kappa shape index (κ2) is 5.64. The van der Waals surface area contributed by atoms with E-state index in [9.17, 15) is 4.79 Å². The summed E-state index contributed by atoms with van der Waals surface area (Å²) in [5.74, 6) is 1.54. The molecule has 3 rings (SSSR count). The van der Waals surface area contributed by atoms with Gasteiger partial charge in [-0.3, -0.25) is 4.79 Å². The predicted molar refractivity (Wildman–Crippen MR) is 74.1 cm³/mol. The number of hydrogen-bond donors (Lipinski definition) is 1. The van der Waals surface area contributed by atoms with E-state index >= 15 is 0 Å². The Morgan fingerprint density at radius 1 is 1.11 bits per heavy atom. The molecule has 0 spiro atoms. The van der Waals surface area contributed by atoms with Gasteiger partial charge in [0.2, 0.25) is 0 Å². The molecule has 1 atom stereocenters. The zero-order valence-electron chi connectivity index (χ0n) is 11.2. The normalized spacial score (nSPS) is 23.4. The largest absolute Gasteiger partial charge is 0.470 e. The van der Waals surface area contributed by atoms with Crippen molar-refractivity contribution >= 4 is 5.91 Å². The average Bonchev–Trinajstić information content (AvgIpc) is 2.46. The molecular weight excluding hydrogens is 238 g/mol. The van der Waals surface area contributed by atoms with Gasteiger partial charge in [-0.25, -0.2) is 0 Å². The van der Waals surface area contributed by atoms with E-state index in [-0.39, 0.29) is 12.1 Å². The maximum absolute atomic E-state index is 12.0. The lowest BCUT2D eigenvalue weighted by Gasteiger charge is -2.29. The monoisotopic (exact) mass is 259 g/mol. The van der Waals surface area contributed by atoms with Gasteiger partial charge in [0, 0.05) is 6.42 Å². The molecule has 0 radical (unpaired) electrons. The molecule has 1 amide bonds. The number of rotatable bonds is 3. The summed E-state index contributed by atoms with van der Waals surface area (Å²) in [7, 11) is 0. The van der Waals surface area contributed by atoms with Crippen molar-refractivity contribution in [2.24, 2.45) is 5.92 Å². The Labute approximate surface area is 114 Å². The van der Waals surface area contributed by atoms with Crippen molar-refractivity contribution in [3.05, 3.63) is 29.8 Å². The molecule has 2 aliphatic rings. The minimum Gasteiger partial charge on any atom is -0.470 e. The Bertz CT molecular complexity index is 452. The van der Waals surface area contributed by atoms with Gasteiger partial charge in [-0.1, -0.05) is 44.2 Å². The molecule has 19 heavy (non-hydrogen) atoms. The third-order valence-corrected chi connectivity index (χ3v) is 4.25. The van der Waals surface area contributed by atoms with E-state index in [1.165, 1.54) is 32.1 Å². The highest BCUT2D eigenvalue weighted by atomic mass is 16.5. The molecule has 102 valence electrons. The van der Waals surface area contributed by atoms with Crippen molar-refractivity contribution in [1.29, 1.82) is 0 Å². The number of para-hydroxylation sites is 1. The topological polar surface area (TPSA) is 38.3 Å². The first kappa shape index (κ1) is 12.5. The minimum absolute atomic E-state index is 0.00417. The molecule has 1 saturated carbocycles. The van der Waals surface area contributed by atoms with Crippen LogP contribution >= 0.6 is 0 Å². The molecule has 1 aromatic carbocycles. The molecule has 3 heteroatoms. The summed E-state index contributed by atoms with van der Waals surface area (Å²) in [6.45, 7) is 0. The van der Waals surface area contributed by atoms with Crippen LogP contribution in [-0.4, -0.2) is 12.1 Å². The molecule has 0 unspecified atom stereocenters. The van der Waals surface area contributed by atoms with Crippen LogP contribution in [0.15, 0.2) is 24.3 Å². The van der Waals surface area contributed by atoms with E-state index in [0.29, 0.717) is 5.56 Å². The van der Waals surface area contributed by atoms with Crippen LogP contribution in [0.5, 0.6) is 5.75 Å². The van der Waals surface area contributed by atoms with E-state index in [4.69, 9.17) is 4.74 Å². The lowest BCUT2D eigenvalue weighted by atomic mass is 9.86. The molecule has 1 fully saturated rings. The van der Waals surface area contributed by atoms with Crippen molar-refractivity contribution < 1.29 is 9.53 Å². The van der Waals surface area contributed by atoms with Crippen molar-refractivity contribution in [2.75, 3.05) is 0 Å². The maximum Gasteiger partial charge on any atom is 0.257 e. The molecule has 1 N–H and O–H groups in total. The van der Waals surface area contributed by atoms with Crippen molar-refractivity contribution in [1.82, 2.24) is 5.32 Å². The maximum atomic E-state index is 12.0. The first-order valence-electron chi connectivity index (χ1n) is 7.39. The first-order chi connectivity index (χ1) is 9.33. The molecular formula is C16H21NO2. The third kappa shape index (κ3) is 2.91. The molecule has 1 aliphatic heterocycles. The molecule has 0 bridgehead atoms. The Morgan fingerprint density at radius 3 is 2.74 bits per heavy atom. The zero-order chi connectivity index (χ0) is 13.1. The summed E-state index contributed by atoms with van der Waals surface area (Å²) in [6.07, 6.45) is 8.74. The average molecular weight is 259 g/mol. The van der Waals surface area contributed by atoms with Gasteiger partial charge >= 0.3 is 0 Å². The van der Waals surface area contributed by atoms with Crippen LogP contribution in [0.3, 0.4) is 0 Å². The van der Waals surface area contributed by atoms with Gasteiger partial charge in [0.1, 0.15) is 5.75 Å². The second-order valence-electron chi connectivity index (χ2n) is 5.66. The van der Waals surface area contributed by atoms with Crippen molar-refractivity contribution in [3.8, 4) is 5.75 Å². The summed E-state index contributed by atoms with van der Waals surface area (Å²) >= 11 is 0. The number of carbonyl (C=O) groups is 1. The second-order valence-corrected chi connectivity index (χ2v) is 5.66.